The average Bonchev–Trinajstić information content (AvgIpc) is 2.40. The van der Waals surface area contributed by atoms with Gasteiger partial charge in [0.25, 0.3) is 0 Å². The Labute approximate surface area is 105 Å². The molecule has 0 saturated carbocycles. The van der Waals surface area contributed by atoms with Gasteiger partial charge in [-0.1, -0.05) is 6.07 Å². The molecule has 2 aromatic rings. The SMILES string of the molecule is CCOc1cncc(-c2ccc(N)c(C=O)c2)n1. The number of nitrogens with zero attached hydrogens (tertiary/aromatic N) is 2. The Morgan fingerprint density at radius 3 is 2.94 bits per heavy atom. The molecule has 0 saturated heterocycles. The highest BCUT2D eigenvalue weighted by atomic mass is 16.5. The van der Waals surface area contributed by atoms with Crippen molar-refractivity contribution in [3.63, 3.8) is 0 Å². The molecule has 0 atom stereocenters. The van der Waals surface area contributed by atoms with Gasteiger partial charge in [0.2, 0.25) is 5.88 Å². The number of aldehydes is 1. The van der Waals surface area contributed by atoms with Crippen LogP contribution in [0.2, 0.25) is 0 Å². The van der Waals surface area contributed by atoms with Crippen LogP contribution in [0.3, 0.4) is 0 Å². The van der Waals surface area contributed by atoms with Crippen molar-refractivity contribution in [1.82, 2.24) is 9.97 Å². The lowest BCUT2D eigenvalue weighted by Gasteiger charge is -2.06. The number of aromatic nitrogens is 2. The number of carbonyl (C=O) groups is 1. The van der Waals surface area contributed by atoms with E-state index in [2.05, 4.69) is 9.97 Å². The van der Waals surface area contributed by atoms with E-state index in [1.165, 1.54) is 0 Å². The topological polar surface area (TPSA) is 78.1 Å². The van der Waals surface area contributed by atoms with Crippen LogP contribution in [0.4, 0.5) is 5.69 Å². The highest BCUT2D eigenvalue weighted by molar-refractivity contribution is 5.85. The third-order valence-electron chi connectivity index (χ3n) is 2.41. The second kappa shape index (κ2) is 5.27. The molecule has 0 aliphatic rings. The Morgan fingerprint density at radius 1 is 1.39 bits per heavy atom. The smallest absolute Gasteiger partial charge is 0.232 e. The van der Waals surface area contributed by atoms with E-state index in [-0.39, 0.29) is 0 Å². The van der Waals surface area contributed by atoms with Crippen LogP contribution in [0.25, 0.3) is 11.3 Å². The minimum atomic E-state index is 0.441. The van der Waals surface area contributed by atoms with Crippen LogP contribution in [0.1, 0.15) is 17.3 Å². The van der Waals surface area contributed by atoms with Crippen molar-refractivity contribution in [2.24, 2.45) is 0 Å². The van der Waals surface area contributed by atoms with Crippen LogP contribution in [-0.4, -0.2) is 22.9 Å². The Bertz CT molecular complexity index is 570. The predicted octanol–water partition coefficient (Wildman–Crippen LogP) is 1.94. The van der Waals surface area contributed by atoms with Gasteiger partial charge in [0, 0.05) is 16.8 Å². The molecular weight excluding hydrogens is 230 g/mol. The maximum absolute atomic E-state index is 10.8. The van der Waals surface area contributed by atoms with Gasteiger partial charge in [-0.2, -0.15) is 0 Å². The van der Waals surface area contributed by atoms with Crippen molar-refractivity contribution < 1.29 is 9.53 Å². The zero-order valence-electron chi connectivity index (χ0n) is 9.96. The van der Waals surface area contributed by atoms with Crippen LogP contribution in [0.15, 0.2) is 30.6 Å². The molecule has 0 unspecified atom stereocenters. The summed E-state index contributed by atoms with van der Waals surface area (Å²) < 4.78 is 5.28. The van der Waals surface area contributed by atoms with E-state index < -0.39 is 0 Å². The van der Waals surface area contributed by atoms with Crippen molar-refractivity contribution in [3.8, 4) is 17.1 Å². The van der Waals surface area contributed by atoms with Gasteiger partial charge >= 0.3 is 0 Å². The molecule has 18 heavy (non-hydrogen) atoms. The first kappa shape index (κ1) is 12.0. The summed E-state index contributed by atoms with van der Waals surface area (Å²) in [5, 5.41) is 0. The fraction of sp³-hybridized carbons (Fsp3) is 0.154. The fourth-order valence-electron chi connectivity index (χ4n) is 1.54. The monoisotopic (exact) mass is 243 g/mol. The largest absolute Gasteiger partial charge is 0.477 e. The summed E-state index contributed by atoms with van der Waals surface area (Å²) in [6.07, 6.45) is 3.88. The zero-order valence-corrected chi connectivity index (χ0v) is 9.96. The van der Waals surface area contributed by atoms with Crippen molar-refractivity contribution >= 4 is 12.0 Å². The number of nitrogen functional groups attached to an aromatic ring is 1. The van der Waals surface area contributed by atoms with Crippen LogP contribution < -0.4 is 10.5 Å². The van der Waals surface area contributed by atoms with E-state index in [1.54, 1.807) is 30.6 Å². The molecule has 0 amide bonds. The minimum absolute atomic E-state index is 0.441. The maximum atomic E-state index is 10.8. The number of hydrogen-bond acceptors (Lipinski definition) is 5. The van der Waals surface area contributed by atoms with Crippen molar-refractivity contribution in [3.05, 3.63) is 36.2 Å². The van der Waals surface area contributed by atoms with Crippen LogP contribution in [-0.2, 0) is 0 Å². The number of rotatable bonds is 4. The zero-order chi connectivity index (χ0) is 13.0. The summed E-state index contributed by atoms with van der Waals surface area (Å²) in [5.74, 6) is 0.458. The van der Waals surface area contributed by atoms with Crippen molar-refractivity contribution in [2.75, 3.05) is 12.3 Å². The second-order valence-electron chi connectivity index (χ2n) is 3.64. The number of carbonyl (C=O) groups excluding carboxylic acids is 1. The Morgan fingerprint density at radius 2 is 2.22 bits per heavy atom. The number of benzene rings is 1. The molecule has 0 spiro atoms. The van der Waals surface area contributed by atoms with Gasteiger partial charge < -0.3 is 10.5 Å². The summed E-state index contributed by atoms with van der Waals surface area (Å²) in [5.41, 5.74) is 7.97. The molecule has 0 fully saturated rings. The number of nitrogens with two attached hydrogens (primary N) is 1. The van der Waals surface area contributed by atoms with Crippen LogP contribution >= 0.6 is 0 Å². The summed E-state index contributed by atoms with van der Waals surface area (Å²) in [6.45, 7) is 2.40. The van der Waals surface area contributed by atoms with Crippen molar-refractivity contribution in [1.29, 1.82) is 0 Å². The number of hydrogen-bond donors (Lipinski definition) is 1. The summed E-state index contributed by atoms with van der Waals surface area (Å²) >= 11 is 0. The summed E-state index contributed by atoms with van der Waals surface area (Å²) in [4.78, 5) is 19.2. The van der Waals surface area contributed by atoms with Gasteiger partial charge in [0.15, 0.2) is 6.29 Å². The number of anilines is 1. The van der Waals surface area contributed by atoms with Gasteiger partial charge in [-0.15, -0.1) is 0 Å². The van der Waals surface area contributed by atoms with E-state index >= 15 is 0 Å². The molecule has 92 valence electrons. The molecule has 0 aliphatic carbocycles. The van der Waals surface area contributed by atoms with E-state index in [0.29, 0.717) is 29.4 Å². The molecule has 0 aliphatic heterocycles. The molecule has 1 aromatic heterocycles. The first-order valence-electron chi connectivity index (χ1n) is 5.54. The van der Waals surface area contributed by atoms with Gasteiger partial charge in [0.1, 0.15) is 0 Å². The molecule has 1 aromatic carbocycles. The Hall–Kier alpha value is -2.43. The standard InChI is InChI=1S/C13H13N3O2/c1-2-18-13-7-15-6-12(16-13)9-3-4-11(14)10(5-9)8-17/h3-8H,2,14H2,1H3. The maximum Gasteiger partial charge on any atom is 0.232 e. The Kier molecular flexibility index (Phi) is 3.52. The molecule has 0 bridgehead atoms. The normalized spacial score (nSPS) is 10.1. The fourth-order valence-corrected chi connectivity index (χ4v) is 1.54. The highest BCUT2D eigenvalue weighted by Gasteiger charge is 2.05. The van der Waals surface area contributed by atoms with Gasteiger partial charge in [-0.3, -0.25) is 9.78 Å². The van der Waals surface area contributed by atoms with Gasteiger partial charge in [0.05, 0.1) is 24.7 Å². The van der Waals surface area contributed by atoms with Gasteiger partial charge in [-0.25, -0.2) is 4.98 Å². The molecule has 5 heteroatoms. The molecular formula is C13H13N3O2. The third-order valence-corrected chi connectivity index (χ3v) is 2.41. The van der Waals surface area contributed by atoms with Crippen molar-refractivity contribution in [2.45, 2.75) is 6.92 Å². The lowest BCUT2D eigenvalue weighted by Crippen LogP contribution is -1.97. The van der Waals surface area contributed by atoms with E-state index in [9.17, 15) is 4.79 Å². The lowest BCUT2D eigenvalue weighted by molar-refractivity contribution is 0.112. The highest BCUT2D eigenvalue weighted by Crippen LogP contribution is 2.22. The molecule has 2 rings (SSSR count). The average molecular weight is 243 g/mol. The summed E-state index contributed by atoms with van der Waals surface area (Å²) in [7, 11) is 0. The third kappa shape index (κ3) is 2.45. The summed E-state index contributed by atoms with van der Waals surface area (Å²) in [6, 6.07) is 5.15. The molecule has 2 N–H and O–H groups in total. The van der Waals surface area contributed by atoms with Crippen LogP contribution in [0.5, 0.6) is 5.88 Å². The molecule has 5 nitrogen and oxygen atoms in total. The number of ether oxygens (including phenoxy) is 1. The first-order valence-corrected chi connectivity index (χ1v) is 5.54. The molecule has 1 heterocycles. The Balaban J connectivity index is 2.41. The van der Waals surface area contributed by atoms with Crippen LogP contribution in [0, 0.1) is 0 Å². The first-order chi connectivity index (χ1) is 8.74. The molecule has 0 radical (unpaired) electrons. The van der Waals surface area contributed by atoms with E-state index in [0.717, 1.165) is 11.8 Å². The lowest BCUT2D eigenvalue weighted by atomic mass is 10.1. The van der Waals surface area contributed by atoms with E-state index in [1.807, 2.05) is 6.92 Å². The predicted molar refractivity (Wildman–Crippen MR) is 68.4 cm³/mol. The minimum Gasteiger partial charge on any atom is -0.477 e. The quantitative estimate of drug-likeness (QED) is 0.655. The van der Waals surface area contributed by atoms with E-state index in [4.69, 9.17) is 10.5 Å². The van der Waals surface area contributed by atoms with Gasteiger partial charge in [-0.05, 0) is 19.1 Å². The second-order valence-corrected chi connectivity index (χ2v) is 3.64.